The highest BCUT2D eigenvalue weighted by molar-refractivity contribution is 9.11. The summed E-state index contributed by atoms with van der Waals surface area (Å²) in [4.78, 5) is 4.31. The molecule has 0 aliphatic rings. The maximum Gasteiger partial charge on any atom is 0.140 e. The van der Waals surface area contributed by atoms with Crippen molar-refractivity contribution in [1.82, 2.24) is 4.98 Å². The van der Waals surface area contributed by atoms with E-state index < -0.39 is 0 Å². The molecule has 0 aliphatic heterocycles. The molecule has 2 rings (SSSR count). The lowest BCUT2D eigenvalue weighted by molar-refractivity contribution is 1.04. The third-order valence-electron chi connectivity index (χ3n) is 2.49. The Hall–Kier alpha value is -0.910. The van der Waals surface area contributed by atoms with Gasteiger partial charge in [-0.15, -0.1) is 0 Å². The summed E-state index contributed by atoms with van der Waals surface area (Å²) in [6.07, 6.45) is 1.77. The van der Waals surface area contributed by atoms with Gasteiger partial charge in [0.2, 0.25) is 0 Å². The van der Waals surface area contributed by atoms with Crippen molar-refractivity contribution in [3.8, 4) is 0 Å². The quantitative estimate of drug-likeness (QED) is 0.863. The minimum absolute atomic E-state index is 0.564. The lowest BCUT2D eigenvalue weighted by atomic mass is 10.1. The standard InChI is InChI=1S/C13H13Br2N3/c14-11-5-12(15)13(18-8-11)17-7-10-3-1-2-9(4-10)6-16/h1-5,8H,6-7,16H2,(H,17,18). The molecule has 0 atom stereocenters. The van der Waals surface area contributed by atoms with Gasteiger partial charge in [0.15, 0.2) is 0 Å². The van der Waals surface area contributed by atoms with Gasteiger partial charge in [-0.2, -0.15) is 0 Å². The van der Waals surface area contributed by atoms with Crippen LogP contribution in [0.3, 0.4) is 0 Å². The van der Waals surface area contributed by atoms with Gasteiger partial charge in [0.1, 0.15) is 5.82 Å². The number of rotatable bonds is 4. The first-order chi connectivity index (χ1) is 8.69. The van der Waals surface area contributed by atoms with Crippen molar-refractivity contribution in [3.63, 3.8) is 0 Å². The van der Waals surface area contributed by atoms with Crippen LogP contribution in [0.1, 0.15) is 11.1 Å². The molecule has 0 aliphatic carbocycles. The number of nitrogens with one attached hydrogen (secondary N) is 1. The molecule has 94 valence electrons. The van der Waals surface area contributed by atoms with Gasteiger partial charge >= 0.3 is 0 Å². The molecule has 0 bridgehead atoms. The number of pyridine rings is 1. The Morgan fingerprint density at radius 3 is 2.67 bits per heavy atom. The molecule has 0 unspecified atom stereocenters. The predicted molar refractivity (Wildman–Crippen MR) is 81.3 cm³/mol. The molecular weight excluding hydrogens is 358 g/mol. The topological polar surface area (TPSA) is 50.9 Å². The van der Waals surface area contributed by atoms with Gasteiger partial charge in [-0.1, -0.05) is 24.3 Å². The van der Waals surface area contributed by atoms with E-state index in [0.29, 0.717) is 6.54 Å². The van der Waals surface area contributed by atoms with Gasteiger partial charge in [0.05, 0.1) is 4.47 Å². The maximum absolute atomic E-state index is 5.62. The van der Waals surface area contributed by atoms with Gasteiger partial charge in [-0.3, -0.25) is 0 Å². The zero-order chi connectivity index (χ0) is 13.0. The van der Waals surface area contributed by atoms with Gasteiger partial charge in [-0.25, -0.2) is 4.98 Å². The van der Waals surface area contributed by atoms with Crippen LogP contribution in [-0.4, -0.2) is 4.98 Å². The monoisotopic (exact) mass is 369 g/mol. The van der Waals surface area contributed by atoms with E-state index in [-0.39, 0.29) is 0 Å². The van der Waals surface area contributed by atoms with Gasteiger partial charge < -0.3 is 11.1 Å². The Bertz CT molecular complexity index is 544. The third kappa shape index (κ3) is 3.54. The van der Waals surface area contributed by atoms with Crippen molar-refractivity contribution in [2.45, 2.75) is 13.1 Å². The Balaban J connectivity index is 2.06. The van der Waals surface area contributed by atoms with E-state index in [1.807, 2.05) is 18.2 Å². The van der Waals surface area contributed by atoms with Crippen LogP contribution < -0.4 is 11.1 Å². The van der Waals surface area contributed by atoms with Crippen molar-refractivity contribution in [2.24, 2.45) is 5.73 Å². The Morgan fingerprint density at radius 2 is 1.94 bits per heavy atom. The fraction of sp³-hybridized carbons (Fsp3) is 0.154. The SMILES string of the molecule is NCc1cccc(CNc2ncc(Br)cc2Br)c1. The Morgan fingerprint density at radius 1 is 1.17 bits per heavy atom. The molecule has 0 amide bonds. The number of hydrogen-bond donors (Lipinski definition) is 2. The van der Waals surface area contributed by atoms with Crippen LogP contribution >= 0.6 is 31.9 Å². The molecule has 5 heteroatoms. The molecular formula is C13H13Br2N3. The maximum atomic E-state index is 5.62. The number of nitrogens with zero attached hydrogens (tertiary/aromatic N) is 1. The molecule has 18 heavy (non-hydrogen) atoms. The normalized spacial score (nSPS) is 10.4. The number of nitrogens with two attached hydrogens (primary N) is 1. The molecule has 0 saturated heterocycles. The summed E-state index contributed by atoms with van der Waals surface area (Å²) in [5.41, 5.74) is 7.95. The first-order valence-corrected chi connectivity index (χ1v) is 7.10. The fourth-order valence-electron chi connectivity index (χ4n) is 1.60. The molecule has 1 aromatic carbocycles. The van der Waals surface area contributed by atoms with Crippen LogP contribution in [0.5, 0.6) is 0 Å². The van der Waals surface area contributed by atoms with Crippen molar-refractivity contribution in [1.29, 1.82) is 0 Å². The molecule has 2 aromatic rings. The number of anilines is 1. The Kier molecular flexibility index (Phi) is 4.74. The summed E-state index contributed by atoms with van der Waals surface area (Å²) < 4.78 is 1.89. The second-order valence-corrected chi connectivity index (χ2v) is 5.63. The summed E-state index contributed by atoms with van der Waals surface area (Å²) in [7, 11) is 0. The number of halogens is 2. The molecule has 0 spiro atoms. The molecule has 3 N–H and O–H groups in total. The van der Waals surface area contributed by atoms with Crippen molar-refractivity contribution < 1.29 is 0 Å². The van der Waals surface area contributed by atoms with Crippen LogP contribution in [0.15, 0.2) is 45.5 Å². The molecule has 1 heterocycles. The van der Waals surface area contributed by atoms with Crippen LogP contribution in [-0.2, 0) is 13.1 Å². The van der Waals surface area contributed by atoms with Crippen LogP contribution in [0, 0.1) is 0 Å². The lowest BCUT2D eigenvalue weighted by Gasteiger charge is -2.08. The number of benzene rings is 1. The van der Waals surface area contributed by atoms with E-state index >= 15 is 0 Å². The minimum Gasteiger partial charge on any atom is -0.365 e. The predicted octanol–water partition coefficient (Wildman–Crippen LogP) is 3.68. The van der Waals surface area contributed by atoms with Gasteiger partial charge in [-0.05, 0) is 49.1 Å². The van der Waals surface area contributed by atoms with Gasteiger partial charge in [0.25, 0.3) is 0 Å². The smallest absolute Gasteiger partial charge is 0.140 e. The van der Waals surface area contributed by atoms with E-state index in [4.69, 9.17) is 5.73 Å². The first kappa shape index (κ1) is 13.5. The third-order valence-corrected chi connectivity index (χ3v) is 3.53. The highest BCUT2D eigenvalue weighted by Crippen LogP contribution is 2.23. The van der Waals surface area contributed by atoms with Crippen molar-refractivity contribution in [3.05, 3.63) is 56.6 Å². The van der Waals surface area contributed by atoms with Crippen LogP contribution in [0.4, 0.5) is 5.82 Å². The van der Waals surface area contributed by atoms with E-state index in [1.54, 1.807) is 6.20 Å². The number of aromatic nitrogens is 1. The summed E-state index contributed by atoms with van der Waals surface area (Å²) in [5, 5.41) is 3.29. The molecule has 0 radical (unpaired) electrons. The van der Waals surface area contributed by atoms with Gasteiger partial charge in [0, 0.05) is 23.8 Å². The number of hydrogen-bond acceptors (Lipinski definition) is 3. The largest absolute Gasteiger partial charge is 0.365 e. The average molecular weight is 371 g/mol. The summed E-state index contributed by atoms with van der Waals surface area (Å²) >= 11 is 6.85. The second-order valence-electron chi connectivity index (χ2n) is 3.86. The lowest BCUT2D eigenvalue weighted by Crippen LogP contribution is -2.03. The summed E-state index contributed by atoms with van der Waals surface area (Å²) in [6, 6.07) is 10.2. The van der Waals surface area contributed by atoms with E-state index in [2.05, 4.69) is 54.3 Å². The summed E-state index contributed by atoms with van der Waals surface area (Å²) in [6.45, 7) is 1.29. The fourth-order valence-corrected chi connectivity index (χ4v) is 2.72. The molecule has 0 fully saturated rings. The average Bonchev–Trinajstić information content (AvgIpc) is 2.38. The van der Waals surface area contributed by atoms with E-state index in [9.17, 15) is 0 Å². The van der Waals surface area contributed by atoms with Crippen LogP contribution in [0.2, 0.25) is 0 Å². The Labute approximate surface area is 123 Å². The van der Waals surface area contributed by atoms with Crippen LogP contribution in [0.25, 0.3) is 0 Å². The molecule has 3 nitrogen and oxygen atoms in total. The highest BCUT2D eigenvalue weighted by Gasteiger charge is 2.02. The summed E-state index contributed by atoms with van der Waals surface area (Å²) in [5.74, 6) is 0.830. The van der Waals surface area contributed by atoms with E-state index in [1.165, 1.54) is 5.56 Å². The van der Waals surface area contributed by atoms with Crippen molar-refractivity contribution >= 4 is 37.7 Å². The zero-order valence-electron chi connectivity index (χ0n) is 9.66. The highest BCUT2D eigenvalue weighted by atomic mass is 79.9. The molecule has 0 saturated carbocycles. The second kappa shape index (κ2) is 6.31. The molecule has 1 aromatic heterocycles. The van der Waals surface area contributed by atoms with Crippen molar-refractivity contribution in [2.75, 3.05) is 5.32 Å². The van der Waals surface area contributed by atoms with E-state index in [0.717, 1.165) is 26.9 Å². The zero-order valence-corrected chi connectivity index (χ0v) is 12.8. The first-order valence-electron chi connectivity index (χ1n) is 5.52. The minimum atomic E-state index is 0.564.